The van der Waals surface area contributed by atoms with Crippen LogP contribution in [0, 0.1) is 23.7 Å². The fourth-order valence-electron chi connectivity index (χ4n) is 3.97. The largest absolute Gasteiger partial charge is 0.410 e. The van der Waals surface area contributed by atoms with Crippen molar-refractivity contribution in [2.45, 2.75) is 63.6 Å². The lowest BCUT2D eigenvalue weighted by molar-refractivity contribution is -0.193. The number of terminal acetylenes is 1. The average Bonchev–Trinajstić information content (AvgIpc) is 3.20. The van der Waals surface area contributed by atoms with Crippen LogP contribution in [0.25, 0.3) is 0 Å². The predicted octanol–water partition coefficient (Wildman–Crippen LogP) is 3.33. The maximum atomic E-state index is 8.91. The van der Waals surface area contributed by atoms with Gasteiger partial charge in [0.15, 0.2) is 5.79 Å². The highest BCUT2D eigenvalue weighted by Crippen LogP contribution is 2.53. The van der Waals surface area contributed by atoms with Crippen LogP contribution in [0.5, 0.6) is 0 Å². The minimum Gasteiger partial charge on any atom is -0.410 e. The van der Waals surface area contributed by atoms with Crippen LogP contribution in [-0.2, 0) is 9.47 Å². The van der Waals surface area contributed by atoms with Crippen molar-refractivity contribution >= 4 is 5.71 Å². The van der Waals surface area contributed by atoms with Crippen molar-refractivity contribution in [3.8, 4) is 12.3 Å². The van der Waals surface area contributed by atoms with Gasteiger partial charge in [-0.1, -0.05) is 23.9 Å². The van der Waals surface area contributed by atoms with Crippen LogP contribution in [0.15, 0.2) is 5.16 Å². The molecule has 116 valence electrons. The van der Waals surface area contributed by atoms with E-state index in [-0.39, 0.29) is 5.79 Å². The Labute approximate surface area is 126 Å². The van der Waals surface area contributed by atoms with E-state index >= 15 is 0 Å². The Balaban J connectivity index is 1.62. The second kappa shape index (κ2) is 5.98. The Bertz CT molecular complexity index is 431. The molecule has 0 radical (unpaired) electrons. The molecule has 3 fully saturated rings. The standard InChI is InChI=1S/C17H25NO3/c1-2-15(18-19)5-6-16(13-14-3-4-14)7-9-17(10-8-16)20-11-12-21-17/h1,14,19H,3-13H2. The van der Waals surface area contributed by atoms with E-state index in [9.17, 15) is 0 Å². The van der Waals surface area contributed by atoms with E-state index in [1.54, 1.807) is 0 Å². The molecule has 4 heteroatoms. The van der Waals surface area contributed by atoms with Crippen molar-refractivity contribution < 1.29 is 14.7 Å². The highest BCUT2D eigenvalue weighted by molar-refractivity contribution is 5.99. The molecule has 1 saturated heterocycles. The maximum Gasteiger partial charge on any atom is 0.168 e. The fraction of sp³-hybridized carbons (Fsp3) is 0.824. The van der Waals surface area contributed by atoms with Gasteiger partial charge in [-0.05, 0) is 37.0 Å². The summed E-state index contributed by atoms with van der Waals surface area (Å²) >= 11 is 0. The highest BCUT2D eigenvalue weighted by Gasteiger charge is 2.47. The van der Waals surface area contributed by atoms with E-state index < -0.39 is 0 Å². The van der Waals surface area contributed by atoms with Crippen LogP contribution in [0.4, 0.5) is 0 Å². The summed E-state index contributed by atoms with van der Waals surface area (Å²) in [4.78, 5) is 0. The van der Waals surface area contributed by atoms with Gasteiger partial charge in [-0.2, -0.15) is 0 Å². The Morgan fingerprint density at radius 3 is 2.38 bits per heavy atom. The summed E-state index contributed by atoms with van der Waals surface area (Å²) < 4.78 is 11.7. The Kier molecular flexibility index (Phi) is 4.24. The number of hydrogen-bond donors (Lipinski definition) is 1. The molecular formula is C17H25NO3. The first-order valence-corrected chi connectivity index (χ1v) is 8.15. The van der Waals surface area contributed by atoms with Gasteiger partial charge in [-0.3, -0.25) is 0 Å². The molecule has 1 aliphatic heterocycles. The minimum atomic E-state index is -0.299. The summed E-state index contributed by atoms with van der Waals surface area (Å²) in [6, 6.07) is 0. The Morgan fingerprint density at radius 1 is 1.19 bits per heavy atom. The molecule has 1 heterocycles. The van der Waals surface area contributed by atoms with Crippen LogP contribution in [0.3, 0.4) is 0 Å². The molecule has 3 rings (SSSR count). The second-order valence-corrected chi connectivity index (χ2v) is 6.95. The van der Waals surface area contributed by atoms with Crippen LogP contribution in [0.1, 0.15) is 57.8 Å². The van der Waals surface area contributed by atoms with Gasteiger partial charge in [-0.15, -0.1) is 6.42 Å². The third kappa shape index (κ3) is 3.41. The summed E-state index contributed by atoms with van der Waals surface area (Å²) in [6.45, 7) is 1.46. The van der Waals surface area contributed by atoms with Crippen molar-refractivity contribution in [2.24, 2.45) is 16.5 Å². The molecule has 1 N–H and O–H groups in total. The van der Waals surface area contributed by atoms with Gasteiger partial charge >= 0.3 is 0 Å². The van der Waals surface area contributed by atoms with Gasteiger partial charge in [0.1, 0.15) is 5.71 Å². The SMILES string of the molecule is C#CC(CCC1(CC2CC2)CCC2(CC1)OCCO2)=NO. The lowest BCUT2D eigenvalue weighted by Crippen LogP contribution is -2.40. The van der Waals surface area contributed by atoms with E-state index in [2.05, 4.69) is 11.1 Å². The summed E-state index contributed by atoms with van der Waals surface area (Å²) in [7, 11) is 0. The molecule has 4 nitrogen and oxygen atoms in total. The van der Waals surface area contributed by atoms with Crippen LogP contribution in [-0.4, -0.2) is 29.9 Å². The number of nitrogens with zero attached hydrogens (tertiary/aromatic N) is 1. The van der Waals surface area contributed by atoms with Gasteiger partial charge < -0.3 is 14.7 Å². The molecule has 0 amide bonds. The molecule has 0 atom stereocenters. The Hall–Kier alpha value is -1.05. The topological polar surface area (TPSA) is 51.0 Å². The zero-order valence-electron chi connectivity index (χ0n) is 12.6. The third-order valence-corrected chi connectivity index (χ3v) is 5.48. The average molecular weight is 291 g/mol. The predicted molar refractivity (Wildman–Crippen MR) is 80.2 cm³/mol. The summed E-state index contributed by atoms with van der Waals surface area (Å²) in [5.74, 6) is 3.07. The zero-order valence-corrected chi connectivity index (χ0v) is 12.6. The smallest absolute Gasteiger partial charge is 0.168 e. The van der Waals surface area contributed by atoms with Crippen LogP contribution in [0.2, 0.25) is 0 Å². The van der Waals surface area contributed by atoms with Crippen molar-refractivity contribution in [3.05, 3.63) is 0 Å². The van der Waals surface area contributed by atoms with E-state index in [0.29, 0.717) is 17.5 Å². The quantitative estimate of drug-likeness (QED) is 0.366. The number of rotatable bonds is 5. The molecule has 2 saturated carbocycles. The van der Waals surface area contributed by atoms with Crippen LogP contribution < -0.4 is 0 Å². The van der Waals surface area contributed by atoms with E-state index in [1.807, 2.05) is 0 Å². The number of hydrogen-bond acceptors (Lipinski definition) is 4. The summed E-state index contributed by atoms with van der Waals surface area (Å²) in [6.07, 6.45) is 15.4. The van der Waals surface area contributed by atoms with Crippen molar-refractivity contribution in [2.75, 3.05) is 13.2 Å². The van der Waals surface area contributed by atoms with Gasteiger partial charge in [0, 0.05) is 19.3 Å². The first-order chi connectivity index (χ1) is 10.2. The van der Waals surface area contributed by atoms with Crippen molar-refractivity contribution in [3.63, 3.8) is 0 Å². The fourth-order valence-corrected chi connectivity index (χ4v) is 3.97. The zero-order chi connectivity index (χ0) is 14.8. The Morgan fingerprint density at radius 2 is 1.86 bits per heavy atom. The first kappa shape index (κ1) is 14.9. The molecule has 0 aromatic heterocycles. The molecule has 2 aliphatic carbocycles. The second-order valence-electron chi connectivity index (χ2n) is 6.95. The number of ether oxygens (including phenoxy) is 2. The lowest BCUT2D eigenvalue weighted by Gasteiger charge is -2.44. The molecule has 0 unspecified atom stereocenters. The van der Waals surface area contributed by atoms with Crippen molar-refractivity contribution in [1.29, 1.82) is 0 Å². The number of oxime groups is 1. The van der Waals surface area contributed by atoms with E-state index in [4.69, 9.17) is 21.1 Å². The van der Waals surface area contributed by atoms with Gasteiger partial charge in [0.05, 0.1) is 13.2 Å². The normalized spacial score (nSPS) is 27.7. The van der Waals surface area contributed by atoms with Crippen molar-refractivity contribution in [1.82, 2.24) is 0 Å². The highest BCUT2D eigenvalue weighted by atomic mass is 16.7. The van der Waals surface area contributed by atoms with Gasteiger partial charge in [0.25, 0.3) is 0 Å². The maximum absolute atomic E-state index is 8.91. The molecule has 1 spiro atoms. The molecule has 21 heavy (non-hydrogen) atoms. The molecule has 0 aromatic rings. The van der Waals surface area contributed by atoms with Gasteiger partial charge in [0.2, 0.25) is 0 Å². The first-order valence-electron chi connectivity index (χ1n) is 8.15. The molecule has 0 bridgehead atoms. The molecule has 3 aliphatic rings. The minimum absolute atomic E-state index is 0.299. The molecule has 0 aromatic carbocycles. The summed E-state index contributed by atoms with van der Waals surface area (Å²) in [5, 5.41) is 12.1. The van der Waals surface area contributed by atoms with Gasteiger partial charge in [-0.25, -0.2) is 0 Å². The third-order valence-electron chi connectivity index (χ3n) is 5.48. The van der Waals surface area contributed by atoms with E-state index in [0.717, 1.165) is 51.2 Å². The lowest BCUT2D eigenvalue weighted by atomic mass is 9.66. The van der Waals surface area contributed by atoms with E-state index in [1.165, 1.54) is 19.3 Å². The summed E-state index contributed by atoms with van der Waals surface area (Å²) in [5.41, 5.74) is 0.799. The van der Waals surface area contributed by atoms with Crippen LogP contribution >= 0.6 is 0 Å². The monoisotopic (exact) mass is 291 g/mol. The molecular weight excluding hydrogens is 266 g/mol.